The Kier molecular flexibility index (Phi) is 12.8. The number of benzene rings is 6. The number of amides is 2. The molecule has 2 amide bonds. The van der Waals surface area contributed by atoms with E-state index in [1.54, 1.807) is 18.6 Å². The SMILES string of the molecule is CC(C)CN(CC1CC(C(=O)N(CC(C)C)c2ccc3c(c2)C(=O)c2cccc4ccnc-3c24)CC(C(=O)N(CC(C)C)c2ccc3c(c2)C(O)c2cccc4ccnc-3c24)C1)c1ccc2c(c1)C(=O)c1cccc3ccnc-2c13. The minimum Gasteiger partial charge on any atom is -0.384 e. The van der Waals surface area contributed by atoms with Crippen molar-refractivity contribution in [3.8, 4) is 33.8 Å². The molecule has 3 heterocycles. The molecule has 0 bridgehead atoms. The topological polar surface area (TPSA) is 137 Å². The van der Waals surface area contributed by atoms with Gasteiger partial charge in [-0.2, -0.15) is 0 Å². The second-order valence-electron chi connectivity index (χ2n) is 24.0. The van der Waals surface area contributed by atoms with E-state index in [4.69, 9.17) is 15.0 Å². The Morgan fingerprint density at radius 2 is 0.925 bits per heavy atom. The molecule has 1 saturated carbocycles. The van der Waals surface area contributed by atoms with Gasteiger partial charge in [0.2, 0.25) is 11.8 Å². The van der Waals surface area contributed by atoms with Gasteiger partial charge in [0.25, 0.3) is 0 Å². The van der Waals surface area contributed by atoms with Crippen LogP contribution in [-0.2, 0) is 9.59 Å². The molecular weight excluding hydrogens is 993 g/mol. The first-order chi connectivity index (χ1) is 38.7. The Labute approximate surface area is 466 Å². The minimum atomic E-state index is -0.918. The third-order valence-electron chi connectivity index (χ3n) is 17.0. The number of rotatable bonds is 13. The van der Waals surface area contributed by atoms with Crippen molar-refractivity contribution < 1.29 is 24.3 Å². The first-order valence-corrected chi connectivity index (χ1v) is 28.4. The zero-order valence-corrected chi connectivity index (χ0v) is 46.1. The van der Waals surface area contributed by atoms with Gasteiger partial charge in [0.15, 0.2) is 11.6 Å². The molecule has 11 nitrogen and oxygen atoms in total. The van der Waals surface area contributed by atoms with Gasteiger partial charge in [0, 0.05) is 129 Å². The van der Waals surface area contributed by atoms with Crippen LogP contribution in [0.3, 0.4) is 0 Å². The average molecular weight is 1060 g/mol. The minimum absolute atomic E-state index is 0.0319. The maximum atomic E-state index is 15.9. The number of hydrogen-bond donors (Lipinski definition) is 1. The van der Waals surface area contributed by atoms with Gasteiger partial charge in [-0.15, -0.1) is 0 Å². The number of aliphatic hydroxyl groups excluding tert-OH is 1. The lowest BCUT2D eigenvalue weighted by Gasteiger charge is -2.41. The quantitative estimate of drug-likeness (QED) is 0.120. The zero-order valence-electron chi connectivity index (χ0n) is 46.1. The first kappa shape index (κ1) is 51.1. The summed E-state index contributed by atoms with van der Waals surface area (Å²) in [5, 5.41) is 17.7. The number of aliphatic hydroxyl groups is 1. The van der Waals surface area contributed by atoms with E-state index >= 15 is 9.59 Å². The summed E-state index contributed by atoms with van der Waals surface area (Å²) >= 11 is 0. The molecule has 80 heavy (non-hydrogen) atoms. The van der Waals surface area contributed by atoms with Gasteiger partial charge in [0.1, 0.15) is 6.10 Å². The lowest BCUT2D eigenvalue weighted by molar-refractivity contribution is -0.128. The summed E-state index contributed by atoms with van der Waals surface area (Å²) < 4.78 is 0. The molecule has 0 saturated heterocycles. The molecular formula is C69H64N6O5. The van der Waals surface area contributed by atoms with Crippen molar-refractivity contribution in [2.24, 2.45) is 35.5 Å². The molecule has 4 aliphatic rings. The smallest absolute Gasteiger partial charge is 0.230 e. The number of hydrogen-bond acceptors (Lipinski definition) is 9. The number of aromatic nitrogens is 3. The van der Waals surface area contributed by atoms with Crippen LogP contribution in [0.15, 0.2) is 146 Å². The predicted octanol–water partition coefficient (Wildman–Crippen LogP) is 13.7. The van der Waals surface area contributed by atoms with Gasteiger partial charge >= 0.3 is 0 Å². The lowest BCUT2D eigenvalue weighted by atomic mass is 9.73. The fourth-order valence-electron chi connectivity index (χ4n) is 13.6. The fraction of sp³-hybridized carbons (Fsp3) is 0.290. The molecule has 1 N–H and O–H groups in total. The Hall–Kier alpha value is -8.41. The molecule has 11 heteroatoms. The molecule has 0 radical (unpaired) electrons. The summed E-state index contributed by atoms with van der Waals surface area (Å²) in [4.78, 5) is 81.1. The molecule has 6 aromatic carbocycles. The Balaban J connectivity index is 0.878. The van der Waals surface area contributed by atoms with Crippen LogP contribution in [0.25, 0.3) is 66.1 Å². The van der Waals surface area contributed by atoms with E-state index in [1.807, 2.05) is 131 Å². The first-order valence-electron chi connectivity index (χ1n) is 28.4. The van der Waals surface area contributed by atoms with Crippen molar-refractivity contribution >= 4 is 72.8 Å². The number of ketones is 2. The fourth-order valence-corrected chi connectivity index (χ4v) is 13.6. The van der Waals surface area contributed by atoms with E-state index in [0.29, 0.717) is 84.6 Å². The largest absolute Gasteiger partial charge is 0.384 e. The van der Waals surface area contributed by atoms with Crippen molar-refractivity contribution in [2.45, 2.75) is 66.9 Å². The van der Waals surface area contributed by atoms with Crippen LogP contribution >= 0.6 is 0 Å². The zero-order chi connectivity index (χ0) is 55.2. The number of nitrogens with zero attached hydrogens (tertiary/aromatic N) is 6. The van der Waals surface area contributed by atoms with Gasteiger partial charge in [-0.05, 0) is 137 Å². The number of carbonyl (C=O) groups excluding carboxylic acids is 4. The van der Waals surface area contributed by atoms with Crippen LogP contribution in [0.1, 0.15) is 110 Å². The number of pyridine rings is 3. The number of fused-ring (bicyclic) bond motifs is 6. The maximum Gasteiger partial charge on any atom is 0.230 e. The second kappa shape index (κ2) is 20.0. The molecule has 400 valence electrons. The van der Waals surface area contributed by atoms with Crippen molar-refractivity contribution in [3.05, 3.63) is 179 Å². The Morgan fingerprint density at radius 3 is 1.45 bits per heavy atom. The third kappa shape index (κ3) is 8.65. The van der Waals surface area contributed by atoms with E-state index in [9.17, 15) is 14.7 Å². The highest BCUT2D eigenvalue weighted by atomic mass is 16.3. The number of anilines is 3. The van der Waals surface area contributed by atoms with Gasteiger partial charge < -0.3 is 19.8 Å². The molecule has 9 aromatic rings. The van der Waals surface area contributed by atoms with Crippen LogP contribution in [0.2, 0.25) is 0 Å². The normalized spacial score (nSPS) is 17.7. The highest BCUT2D eigenvalue weighted by Crippen LogP contribution is 2.47. The van der Waals surface area contributed by atoms with E-state index < -0.39 is 17.9 Å². The summed E-state index contributed by atoms with van der Waals surface area (Å²) in [7, 11) is 0. The van der Waals surface area contributed by atoms with Gasteiger partial charge in [-0.3, -0.25) is 34.1 Å². The van der Waals surface area contributed by atoms with Crippen LogP contribution in [0.4, 0.5) is 17.1 Å². The van der Waals surface area contributed by atoms with Crippen LogP contribution < -0.4 is 14.7 Å². The van der Waals surface area contributed by atoms with E-state index in [1.165, 1.54) is 0 Å². The summed E-state index contributed by atoms with van der Waals surface area (Å²) in [5.41, 5.74) is 10.8. The summed E-state index contributed by atoms with van der Waals surface area (Å²) in [6, 6.07) is 41.2. The van der Waals surface area contributed by atoms with Gasteiger partial charge in [-0.25, -0.2) is 0 Å². The standard InChI is InChI=1S/C69H64N6O5/c1-38(2)34-73(47-16-19-50-56(31-47)65(76)53-13-7-10-42-22-25-70-62(50)59(42)53)37-41-28-45(68(79)74(35-39(3)4)48-17-20-51-57(32-48)66(77)54-14-8-11-43-23-26-71-63(51)60(43)54)30-46(29-41)69(80)75(36-40(5)6)49-18-21-52-58(33-49)67(78)55-15-9-12-44-24-27-72-64(52)61(44)55/h7-27,31-33,38-41,45-46,66,77H,28-30,34-37H2,1-6H3. The molecule has 4 unspecified atom stereocenters. The summed E-state index contributed by atoms with van der Waals surface area (Å²) in [5.74, 6) is -1.05. The monoisotopic (exact) mass is 1060 g/mol. The molecule has 13 rings (SSSR count). The highest BCUT2D eigenvalue weighted by molar-refractivity contribution is 6.26. The average Bonchev–Trinajstić information content (AvgIpc) is 3.58. The van der Waals surface area contributed by atoms with Crippen molar-refractivity contribution in [3.63, 3.8) is 0 Å². The van der Waals surface area contributed by atoms with Gasteiger partial charge in [0.05, 0.1) is 17.1 Å². The van der Waals surface area contributed by atoms with Crippen LogP contribution in [-0.4, -0.2) is 69.6 Å². The molecule has 1 fully saturated rings. The van der Waals surface area contributed by atoms with Crippen LogP contribution in [0, 0.1) is 35.5 Å². The van der Waals surface area contributed by atoms with E-state index in [2.05, 4.69) is 52.5 Å². The van der Waals surface area contributed by atoms with Crippen LogP contribution in [0.5, 0.6) is 0 Å². The van der Waals surface area contributed by atoms with E-state index in [0.717, 1.165) is 77.3 Å². The maximum absolute atomic E-state index is 15.9. The Bertz CT molecular complexity index is 4040. The van der Waals surface area contributed by atoms with E-state index in [-0.39, 0.29) is 47.1 Å². The second-order valence-corrected chi connectivity index (χ2v) is 24.0. The third-order valence-corrected chi connectivity index (χ3v) is 17.0. The highest BCUT2D eigenvalue weighted by Gasteiger charge is 2.42. The molecule has 4 atom stereocenters. The predicted molar refractivity (Wildman–Crippen MR) is 318 cm³/mol. The summed E-state index contributed by atoms with van der Waals surface area (Å²) in [6.45, 7) is 14.8. The molecule has 3 aromatic heterocycles. The van der Waals surface area contributed by atoms with Crippen molar-refractivity contribution in [2.75, 3.05) is 40.9 Å². The molecule has 0 spiro atoms. The molecule has 4 aliphatic carbocycles. The number of carbonyl (C=O) groups is 4. The van der Waals surface area contributed by atoms with Gasteiger partial charge in [-0.1, -0.05) is 102 Å². The Morgan fingerprint density at radius 1 is 0.475 bits per heavy atom. The van der Waals surface area contributed by atoms with Crippen molar-refractivity contribution in [1.29, 1.82) is 0 Å². The summed E-state index contributed by atoms with van der Waals surface area (Å²) in [6.07, 6.45) is 5.87. The lowest BCUT2D eigenvalue weighted by Crippen LogP contribution is -2.47. The van der Waals surface area contributed by atoms with Crippen molar-refractivity contribution in [1.82, 2.24) is 15.0 Å². The molecule has 0 aliphatic heterocycles.